The lowest BCUT2D eigenvalue weighted by atomic mass is 10.1. The first-order valence-electron chi connectivity index (χ1n) is 7.18. The van der Waals surface area contributed by atoms with Crippen LogP contribution >= 0.6 is 0 Å². The molecule has 0 spiro atoms. The minimum absolute atomic E-state index is 0.269. The van der Waals surface area contributed by atoms with Crippen molar-refractivity contribution < 1.29 is 13.2 Å². The van der Waals surface area contributed by atoms with Gasteiger partial charge in [-0.3, -0.25) is 0 Å². The highest BCUT2D eigenvalue weighted by Gasteiger charge is 2.20. The minimum atomic E-state index is -3.50. The van der Waals surface area contributed by atoms with E-state index in [1.807, 2.05) is 38.1 Å². The standard InChI is InChI=1S/C17H21NO3S/c1-4-21-16-9-11-17(12-10-16)22(19,20)18(3)13-15-7-5-14(2)6-8-15/h5-12H,4,13H2,1-3H3. The zero-order valence-corrected chi connectivity index (χ0v) is 13.9. The average molecular weight is 319 g/mol. The molecule has 0 aromatic heterocycles. The fourth-order valence-corrected chi connectivity index (χ4v) is 3.25. The number of ether oxygens (including phenoxy) is 1. The molecule has 0 aliphatic heterocycles. The molecule has 0 bridgehead atoms. The molecule has 0 saturated carbocycles. The smallest absolute Gasteiger partial charge is 0.243 e. The summed E-state index contributed by atoms with van der Waals surface area (Å²) in [6.45, 7) is 4.79. The number of rotatable bonds is 6. The molecule has 0 aliphatic rings. The summed E-state index contributed by atoms with van der Waals surface area (Å²) in [6, 6.07) is 14.3. The van der Waals surface area contributed by atoms with Crippen LogP contribution in [0.3, 0.4) is 0 Å². The minimum Gasteiger partial charge on any atom is -0.494 e. The van der Waals surface area contributed by atoms with Gasteiger partial charge in [0.15, 0.2) is 0 Å². The fraction of sp³-hybridized carbons (Fsp3) is 0.294. The Morgan fingerprint density at radius 3 is 2.14 bits per heavy atom. The summed E-state index contributed by atoms with van der Waals surface area (Å²) >= 11 is 0. The van der Waals surface area contributed by atoms with Crippen LogP contribution in [0.5, 0.6) is 5.75 Å². The Balaban J connectivity index is 2.16. The Hall–Kier alpha value is -1.85. The molecule has 2 aromatic carbocycles. The molecule has 0 heterocycles. The van der Waals surface area contributed by atoms with Gasteiger partial charge in [0, 0.05) is 13.6 Å². The molecule has 118 valence electrons. The summed E-state index contributed by atoms with van der Waals surface area (Å²) in [5.74, 6) is 0.669. The Morgan fingerprint density at radius 2 is 1.59 bits per heavy atom. The zero-order valence-electron chi connectivity index (χ0n) is 13.1. The van der Waals surface area contributed by atoms with Gasteiger partial charge in [-0.25, -0.2) is 8.42 Å². The van der Waals surface area contributed by atoms with Crippen LogP contribution in [0.15, 0.2) is 53.4 Å². The second-order valence-corrected chi connectivity index (χ2v) is 7.20. The number of benzene rings is 2. The summed E-state index contributed by atoms with van der Waals surface area (Å²) in [4.78, 5) is 0.269. The summed E-state index contributed by atoms with van der Waals surface area (Å²) in [5, 5.41) is 0. The average Bonchev–Trinajstić information content (AvgIpc) is 2.50. The highest BCUT2D eigenvalue weighted by atomic mass is 32.2. The lowest BCUT2D eigenvalue weighted by Crippen LogP contribution is -2.26. The Labute approximate surface area is 132 Å². The van der Waals surface area contributed by atoms with Crippen LogP contribution in [0.4, 0.5) is 0 Å². The Bertz CT molecular complexity index is 707. The van der Waals surface area contributed by atoms with E-state index in [0.29, 0.717) is 18.9 Å². The van der Waals surface area contributed by atoms with Crippen molar-refractivity contribution in [2.45, 2.75) is 25.3 Å². The highest BCUT2D eigenvalue weighted by molar-refractivity contribution is 7.89. The van der Waals surface area contributed by atoms with Crippen molar-refractivity contribution in [3.05, 3.63) is 59.7 Å². The maximum atomic E-state index is 12.6. The normalized spacial score (nSPS) is 11.6. The maximum Gasteiger partial charge on any atom is 0.243 e. The number of hydrogen-bond acceptors (Lipinski definition) is 3. The van der Waals surface area contributed by atoms with Crippen LogP contribution in [0.2, 0.25) is 0 Å². The van der Waals surface area contributed by atoms with Crippen molar-refractivity contribution >= 4 is 10.0 Å². The fourth-order valence-electron chi connectivity index (χ4n) is 2.09. The van der Waals surface area contributed by atoms with Crippen LogP contribution < -0.4 is 4.74 Å². The zero-order chi connectivity index (χ0) is 16.2. The monoisotopic (exact) mass is 319 g/mol. The van der Waals surface area contributed by atoms with Gasteiger partial charge in [-0.1, -0.05) is 29.8 Å². The topological polar surface area (TPSA) is 46.6 Å². The van der Waals surface area contributed by atoms with Crippen molar-refractivity contribution in [2.75, 3.05) is 13.7 Å². The van der Waals surface area contributed by atoms with Crippen molar-refractivity contribution in [1.29, 1.82) is 0 Å². The third-order valence-electron chi connectivity index (χ3n) is 3.37. The number of sulfonamides is 1. The third-order valence-corrected chi connectivity index (χ3v) is 5.19. The van der Waals surface area contributed by atoms with Crippen molar-refractivity contribution in [3.63, 3.8) is 0 Å². The van der Waals surface area contributed by atoms with Gasteiger partial charge in [-0.05, 0) is 43.7 Å². The molecule has 0 amide bonds. The molecular weight excluding hydrogens is 298 g/mol. The van der Waals surface area contributed by atoms with E-state index in [-0.39, 0.29) is 4.90 Å². The first-order valence-corrected chi connectivity index (χ1v) is 8.62. The van der Waals surface area contributed by atoms with Gasteiger partial charge >= 0.3 is 0 Å². The van der Waals surface area contributed by atoms with Crippen LogP contribution in [-0.2, 0) is 16.6 Å². The van der Waals surface area contributed by atoms with Gasteiger partial charge in [0.2, 0.25) is 10.0 Å². The van der Waals surface area contributed by atoms with Gasteiger partial charge in [-0.15, -0.1) is 0 Å². The lowest BCUT2D eigenvalue weighted by molar-refractivity contribution is 0.340. The summed E-state index contributed by atoms with van der Waals surface area (Å²) in [6.07, 6.45) is 0. The van der Waals surface area contributed by atoms with Crippen LogP contribution in [0, 0.1) is 6.92 Å². The van der Waals surface area contributed by atoms with Gasteiger partial charge in [0.1, 0.15) is 5.75 Å². The second kappa shape index (κ2) is 6.94. The molecule has 0 saturated heterocycles. The van der Waals surface area contributed by atoms with E-state index in [4.69, 9.17) is 4.74 Å². The van der Waals surface area contributed by atoms with Gasteiger partial charge in [0.05, 0.1) is 11.5 Å². The largest absolute Gasteiger partial charge is 0.494 e. The van der Waals surface area contributed by atoms with E-state index in [1.165, 1.54) is 4.31 Å². The van der Waals surface area contributed by atoms with E-state index < -0.39 is 10.0 Å². The SMILES string of the molecule is CCOc1ccc(S(=O)(=O)N(C)Cc2ccc(C)cc2)cc1. The molecule has 4 nitrogen and oxygen atoms in total. The van der Waals surface area contributed by atoms with Crippen molar-refractivity contribution in [1.82, 2.24) is 4.31 Å². The Kier molecular flexibility index (Phi) is 5.21. The molecule has 0 radical (unpaired) electrons. The van der Waals surface area contributed by atoms with Gasteiger partial charge < -0.3 is 4.74 Å². The van der Waals surface area contributed by atoms with Crippen molar-refractivity contribution in [3.8, 4) is 5.75 Å². The number of nitrogens with zero attached hydrogens (tertiary/aromatic N) is 1. The van der Waals surface area contributed by atoms with E-state index in [0.717, 1.165) is 11.1 Å². The van der Waals surface area contributed by atoms with Crippen LogP contribution in [-0.4, -0.2) is 26.4 Å². The summed E-state index contributed by atoms with van der Waals surface area (Å²) < 4.78 is 31.8. The first-order chi connectivity index (χ1) is 10.4. The molecule has 0 atom stereocenters. The molecule has 0 fully saturated rings. The lowest BCUT2D eigenvalue weighted by Gasteiger charge is -2.17. The molecule has 0 unspecified atom stereocenters. The van der Waals surface area contributed by atoms with Gasteiger partial charge in [0.25, 0.3) is 0 Å². The Morgan fingerprint density at radius 1 is 1.00 bits per heavy atom. The molecular formula is C17H21NO3S. The highest BCUT2D eigenvalue weighted by Crippen LogP contribution is 2.20. The first kappa shape index (κ1) is 16.5. The van der Waals surface area contributed by atoms with E-state index in [2.05, 4.69) is 0 Å². The molecule has 22 heavy (non-hydrogen) atoms. The maximum absolute atomic E-state index is 12.6. The van der Waals surface area contributed by atoms with E-state index >= 15 is 0 Å². The second-order valence-electron chi connectivity index (χ2n) is 5.15. The molecule has 0 aliphatic carbocycles. The summed E-state index contributed by atoms with van der Waals surface area (Å²) in [5.41, 5.74) is 2.11. The van der Waals surface area contributed by atoms with Gasteiger partial charge in [-0.2, -0.15) is 4.31 Å². The predicted octanol–water partition coefficient (Wildman–Crippen LogP) is 3.21. The van der Waals surface area contributed by atoms with Crippen molar-refractivity contribution in [2.24, 2.45) is 0 Å². The van der Waals surface area contributed by atoms with E-state index in [9.17, 15) is 8.42 Å². The molecule has 2 rings (SSSR count). The molecule has 5 heteroatoms. The number of aryl methyl sites for hydroxylation is 1. The summed E-state index contributed by atoms with van der Waals surface area (Å²) in [7, 11) is -1.91. The van der Waals surface area contributed by atoms with Crippen LogP contribution in [0.25, 0.3) is 0 Å². The third kappa shape index (κ3) is 3.87. The quantitative estimate of drug-likeness (QED) is 0.821. The van der Waals surface area contributed by atoms with Crippen LogP contribution in [0.1, 0.15) is 18.1 Å². The predicted molar refractivity (Wildman–Crippen MR) is 87.4 cm³/mol. The molecule has 2 aromatic rings. The number of hydrogen-bond donors (Lipinski definition) is 0. The molecule has 0 N–H and O–H groups in total. The van der Waals surface area contributed by atoms with E-state index in [1.54, 1.807) is 31.3 Å².